The van der Waals surface area contributed by atoms with Crippen LogP contribution < -0.4 is 0 Å². The lowest BCUT2D eigenvalue weighted by Gasteiger charge is -2.45. The van der Waals surface area contributed by atoms with Crippen molar-refractivity contribution in [1.29, 1.82) is 0 Å². The summed E-state index contributed by atoms with van der Waals surface area (Å²) in [6, 6.07) is 0. The Morgan fingerprint density at radius 1 is 1.05 bits per heavy atom. The van der Waals surface area contributed by atoms with Crippen molar-refractivity contribution in [3.05, 3.63) is 0 Å². The summed E-state index contributed by atoms with van der Waals surface area (Å²) in [5, 5.41) is 0.0800. The fraction of sp³-hybridized carbons (Fsp3) is 0.897. The lowest BCUT2D eigenvalue weighted by molar-refractivity contribution is -0.184. The summed E-state index contributed by atoms with van der Waals surface area (Å²) in [5.74, 6) is -0.525. The molecule has 7 nitrogen and oxygen atoms in total. The van der Waals surface area contributed by atoms with Crippen molar-refractivity contribution >= 4 is 25.9 Å². The van der Waals surface area contributed by atoms with Gasteiger partial charge in [0.15, 0.2) is 8.32 Å². The van der Waals surface area contributed by atoms with Crippen LogP contribution in [-0.4, -0.2) is 63.0 Å². The molecule has 2 aliphatic heterocycles. The van der Waals surface area contributed by atoms with Crippen molar-refractivity contribution in [3.8, 4) is 0 Å². The number of carbonyl (C=O) groups excluding carboxylic acids is 3. The van der Waals surface area contributed by atoms with E-state index in [2.05, 4.69) is 33.9 Å². The lowest BCUT2D eigenvalue weighted by atomic mass is 9.84. The summed E-state index contributed by atoms with van der Waals surface area (Å²) in [7, 11) is -2.01. The molecule has 2 rings (SSSR count). The van der Waals surface area contributed by atoms with Crippen LogP contribution in [0.5, 0.6) is 0 Å². The van der Waals surface area contributed by atoms with E-state index in [1.165, 1.54) is 6.92 Å². The highest BCUT2D eigenvalue weighted by Crippen LogP contribution is 2.46. The fourth-order valence-corrected chi connectivity index (χ4v) is 5.82. The summed E-state index contributed by atoms with van der Waals surface area (Å²) in [6.07, 6.45) is 4.40. The second-order valence-electron chi connectivity index (χ2n) is 13.9. The van der Waals surface area contributed by atoms with Crippen LogP contribution in [0.1, 0.15) is 100 Å². The molecule has 0 aromatic carbocycles. The van der Waals surface area contributed by atoms with Crippen LogP contribution in [0.15, 0.2) is 0 Å². The van der Waals surface area contributed by atoms with E-state index < -0.39 is 19.3 Å². The molecule has 2 aliphatic rings. The zero-order chi connectivity index (χ0) is 28.2. The first-order chi connectivity index (χ1) is 16.9. The molecule has 0 bridgehead atoms. The highest BCUT2D eigenvalue weighted by Gasteiger charge is 2.54. The van der Waals surface area contributed by atoms with Gasteiger partial charge in [-0.2, -0.15) is 0 Å². The number of Topliss-reactive ketones (excluding diaryl/α,β-unsaturated/α-hetero) is 2. The van der Waals surface area contributed by atoms with E-state index in [0.717, 1.165) is 32.1 Å². The van der Waals surface area contributed by atoms with Crippen LogP contribution in [0.4, 0.5) is 0 Å². The van der Waals surface area contributed by atoms with Crippen molar-refractivity contribution in [3.63, 3.8) is 0 Å². The van der Waals surface area contributed by atoms with E-state index in [1.54, 1.807) is 0 Å². The Labute approximate surface area is 225 Å². The third-order valence-electron chi connectivity index (χ3n) is 8.26. The summed E-state index contributed by atoms with van der Waals surface area (Å²) in [4.78, 5) is 36.0. The third kappa shape index (κ3) is 8.97. The second-order valence-corrected chi connectivity index (χ2v) is 18.7. The van der Waals surface area contributed by atoms with Gasteiger partial charge in [-0.1, -0.05) is 27.7 Å². The third-order valence-corrected chi connectivity index (χ3v) is 12.7. The van der Waals surface area contributed by atoms with E-state index in [4.69, 9.17) is 18.6 Å². The van der Waals surface area contributed by atoms with Crippen molar-refractivity contribution < 1.29 is 33.0 Å². The quantitative estimate of drug-likeness (QED) is 0.129. The summed E-state index contributed by atoms with van der Waals surface area (Å²) in [6.45, 7) is 21.0. The molecule has 0 aromatic rings. The molecule has 5 atom stereocenters. The molecular formula is C29H52O7Si. The number of esters is 1. The van der Waals surface area contributed by atoms with Gasteiger partial charge in [0.2, 0.25) is 0 Å². The molecule has 37 heavy (non-hydrogen) atoms. The van der Waals surface area contributed by atoms with Crippen LogP contribution in [0.2, 0.25) is 18.1 Å². The minimum absolute atomic E-state index is 0.0110. The molecule has 0 amide bonds. The zero-order valence-electron chi connectivity index (χ0n) is 25.0. The molecule has 0 N–H and O–H groups in total. The van der Waals surface area contributed by atoms with Crippen LogP contribution in [0.3, 0.4) is 0 Å². The molecule has 0 saturated carbocycles. The number of hydrogen-bond donors (Lipinski definition) is 0. The average molecular weight is 541 g/mol. The van der Waals surface area contributed by atoms with E-state index in [9.17, 15) is 14.4 Å². The minimum atomic E-state index is -2.01. The Kier molecular flexibility index (Phi) is 10.8. The van der Waals surface area contributed by atoms with Gasteiger partial charge in [0.25, 0.3) is 0 Å². The molecule has 2 fully saturated rings. The summed E-state index contributed by atoms with van der Waals surface area (Å²) in [5.41, 5.74) is -1.05. The van der Waals surface area contributed by atoms with E-state index in [0.29, 0.717) is 19.6 Å². The van der Waals surface area contributed by atoms with Crippen molar-refractivity contribution in [2.75, 3.05) is 13.2 Å². The highest BCUT2D eigenvalue weighted by atomic mass is 28.4. The van der Waals surface area contributed by atoms with Gasteiger partial charge >= 0.3 is 5.97 Å². The maximum atomic E-state index is 12.5. The monoisotopic (exact) mass is 540 g/mol. The van der Waals surface area contributed by atoms with Gasteiger partial charge in [0, 0.05) is 12.3 Å². The van der Waals surface area contributed by atoms with Crippen LogP contribution in [-0.2, 0) is 33.0 Å². The molecule has 8 heteroatoms. The van der Waals surface area contributed by atoms with Crippen molar-refractivity contribution in [2.45, 2.75) is 142 Å². The lowest BCUT2D eigenvalue weighted by Crippen LogP contribution is -2.55. The molecule has 0 aromatic heterocycles. The van der Waals surface area contributed by atoms with Crippen LogP contribution >= 0.6 is 0 Å². The van der Waals surface area contributed by atoms with Gasteiger partial charge in [0.1, 0.15) is 17.2 Å². The maximum absolute atomic E-state index is 12.5. The van der Waals surface area contributed by atoms with E-state index in [1.807, 2.05) is 27.7 Å². The normalized spacial score (nSPS) is 27.5. The topological polar surface area (TPSA) is 88.1 Å². The first-order valence-corrected chi connectivity index (χ1v) is 16.9. The molecule has 0 spiro atoms. The number of rotatable bonds is 12. The molecule has 0 radical (unpaired) electrons. The Morgan fingerprint density at radius 2 is 1.70 bits per heavy atom. The number of ether oxygens (including phenoxy) is 3. The van der Waals surface area contributed by atoms with Gasteiger partial charge in [-0.05, 0) is 77.9 Å². The largest absolute Gasteiger partial charge is 0.465 e. The molecule has 214 valence electrons. The average Bonchev–Trinajstić information content (AvgIpc) is 3.11. The number of fused-ring (bicyclic) bond motifs is 1. The SMILES string of the molecule is CC(=O)CC(=O)[C@H](C)C[C@H]1CC[C@@H]2O[C@@H](CCCOC(=O)C(C)(C)C)C[C@]2(CO[Si](C)(C)C(C)(C)C)O1. The summed E-state index contributed by atoms with van der Waals surface area (Å²) < 4.78 is 25.4. The summed E-state index contributed by atoms with van der Waals surface area (Å²) >= 11 is 0. The van der Waals surface area contributed by atoms with E-state index in [-0.39, 0.29) is 53.2 Å². The van der Waals surface area contributed by atoms with Gasteiger partial charge in [-0.15, -0.1) is 0 Å². The molecular weight excluding hydrogens is 488 g/mol. The molecule has 2 heterocycles. The Hall–Kier alpha value is -1.09. The van der Waals surface area contributed by atoms with Crippen molar-refractivity contribution in [2.24, 2.45) is 11.3 Å². The molecule has 0 aliphatic carbocycles. The Balaban J connectivity index is 2.08. The van der Waals surface area contributed by atoms with Gasteiger partial charge < -0.3 is 18.6 Å². The number of ketones is 2. The van der Waals surface area contributed by atoms with Gasteiger partial charge in [-0.25, -0.2) is 0 Å². The Morgan fingerprint density at radius 3 is 2.27 bits per heavy atom. The van der Waals surface area contributed by atoms with Gasteiger partial charge in [0.05, 0.1) is 43.4 Å². The first-order valence-electron chi connectivity index (χ1n) is 14.0. The predicted octanol–water partition coefficient (Wildman–Crippen LogP) is 6.03. The first kappa shape index (κ1) is 32.1. The standard InChI is InChI=1S/C29H52O7Si/c1-20(24(31)17-21(2)30)16-22-13-14-25-29(36-22,19-34-37(9,10)28(6,7)8)18-23(35-25)12-11-15-33-26(32)27(3,4)5/h20,22-23,25H,11-19H2,1-10H3/t20-,22-,23+,25+,29-/m1/s1. The molecule has 2 saturated heterocycles. The molecule has 0 unspecified atom stereocenters. The number of hydrogen-bond acceptors (Lipinski definition) is 7. The van der Waals surface area contributed by atoms with Crippen molar-refractivity contribution in [1.82, 2.24) is 0 Å². The predicted molar refractivity (Wildman–Crippen MR) is 147 cm³/mol. The van der Waals surface area contributed by atoms with Crippen LogP contribution in [0.25, 0.3) is 0 Å². The van der Waals surface area contributed by atoms with E-state index >= 15 is 0 Å². The number of carbonyl (C=O) groups is 3. The zero-order valence-corrected chi connectivity index (χ0v) is 26.0. The van der Waals surface area contributed by atoms with Crippen LogP contribution in [0, 0.1) is 11.3 Å². The fourth-order valence-electron chi connectivity index (χ4n) is 4.78. The Bertz CT molecular complexity index is 810. The maximum Gasteiger partial charge on any atom is 0.311 e. The smallest absolute Gasteiger partial charge is 0.311 e. The minimum Gasteiger partial charge on any atom is -0.465 e. The van der Waals surface area contributed by atoms with Gasteiger partial charge in [-0.3, -0.25) is 14.4 Å². The highest BCUT2D eigenvalue weighted by molar-refractivity contribution is 6.74. The second kappa shape index (κ2) is 12.4.